The fourth-order valence-electron chi connectivity index (χ4n) is 1.01. The van der Waals surface area contributed by atoms with E-state index in [4.69, 9.17) is 0 Å². The Labute approximate surface area is 108 Å². The van der Waals surface area contributed by atoms with Crippen molar-refractivity contribution in [2.75, 3.05) is 0 Å². The summed E-state index contributed by atoms with van der Waals surface area (Å²) in [4.78, 5) is 0. The summed E-state index contributed by atoms with van der Waals surface area (Å²) in [5, 5.41) is 0. The van der Waals surface area contributed by atoms with Crippen LogP contribution < -0.4 is 0 Å². The first kappa shape index (κ1) is 13.6. The molecular formula is C12H16BrNOS. The maximum absolute atomic E-state index is 11.8. The Morgan fingerprint density at radius 1 is 1.25 bits per heavy atom. The maximum Gasteiger partial charge on any atom is 0.145 e. The molecule has 0 aliphatic rings. The average molecular weight is 302 g/mol. The highest BCUT2D eigenvalue weighted by molar-refractivity contribution is 9.10. The standard InChI is InChI=1S/C12H16BrNOS/c1-9(14-16(15)12(2,3)4)10-5-7-11(13)8-6-10/h5-8H,1-4H3/t16-/m1/s1. The van der Waals surface area contributed by atoms with E-state index in [0.29, 0.717) is 0 Å². The molecule has 0 saturated carbocycles. The van der Waals surface area contributed by atoms with Gasteiger partial charge in [0, 0.05) is 4.47 Å². The molecule has 88 valence electrons. The van der Waals surface area contributed by atoms with E-state index in [1.54, 1.807) is 0 Å². The van der Waals surface area contributed by atoms with E-state index < -0.39 is 11.0 Å². The molecule has 1 aromatic carbocycles. The molecule has 16 heavy (non-hydrogen) atoms. The average Bonchev–Trinajstić information content (AvgIpc) is 2.17. The molecule has 0 aromatic heterocycles. The Morgan fingerprint density at radius 3 is 2.19 bits per heavy atom. The lowest BCUT2D eigenvalue weighted by Crippen LogP contribution is -2.20. The van der Waals surface area contributed by atoms with Gasteiger partial charge in [-0.25, -0.2) is 4.21 Å². The predicted molar refractivity (Wildman–Crippen MR) is 74.2 cm³/mol. The zero-order valence-corrected chi connectivity index (χ0v) is 12.4. The van der Waals surface area contributed by atoms with Gasteiger partial charge in [-0.15, -0.1) is 0 Å². The van der Waals surface area contributed by atoms with E-state index in [2.05, 4.69) is 20.3 Å². The zero-order chi connectivity index (χ0) is 12.3. The second-order valence-corrected chi connectivity index (χ2v) is 7.37. The summed E-state index contributed by atoms with van der Waals surface area (Å²) in [7, 11) is -1.20. The van der Waals surface area contributed by atoms with Crippen molar-refractivity contribution >= 4 is 32.6 Å². The predicted octanol–water partition coefficient (Wildman–Crippen LogP) is 3.72. The number of benzene rings is 1. The van der Waals surface area contributed by atoms with Crippen LogP contribution in [0.2, 0.25) is 0 Å². The first-order chi connectivity index (χ1) is 7.30. The number of hydrogen-bond donors (Lipinski definition) is 0. The van der Waals surface area contributed by atoms with Crippen LogP contribution in [0.15, 0.2) is 33.1 Å². The third-order valence-corrected chi connectivity index (χ3v) is 4.02. The number of rotatable bonds is 2. The fourth-order valence-corrected chi connectivity index (χ4v) is 1.90. The van der Waals surface area contributed by atoms with Gasteiger partial charge in [0.2, 0.25) is 0 Å². The van der Waals surface area contributed by atoms with Gasteiger partial charge in [-0.05, 0) is 45.4 Å². The Kier molecular flexibility index (Phi) is 4.44. The summed E-state index contributed by atoms with van der Waals surface area (Å²) in [6.45, 7) is 7.64. The monoisotopic (exact) mass is 301 g/mol. The van der Waals surface area contributed by atoms with Crippen LogP contribution in [-0.4, -0.2) is 14.7 Å². The van der Waals surface area contributed by atoms with Crippen LogP contribution in [0.5, 0.6) is 0 Å². The quantitative estimate of drug-likeness (QED) is 0.766. The van der Waals surface area contributed by atoms with E-state index in [0.717, 1.165) is 15.7 Å². The molecule has 0 bridgehead atoms. The van der Waals surface area contributed by atoms with Crippen LogP contribution in [0, 0.1) is 0 Å². The molecule has 2 nitrogen and oxygen atoms in total. The topological polar surface area (TPSA) is 29.4 Å². The van der Waals surface area contributed by atoms with Gasteiger partial charge in [-0.1, -0.05) is 28.1 Å². The Bertz CT molecular complexity index is 418. The smallest absolute Gasteiger partial charge is 0.145 e. The number of nitrogens with zero attached hydrogens (tertiary/aromatic N) is 1. The van der Waals surface area contributed by atoms with Crippen molar-refractivity contribution in [3.05, 3.63) is 34.3 Å². The highest BCUT2D eigenvalue weighted by Crippen LogP contribution is 2.15. The summed E-state index contributed by atoms with van der Waals surface area (Å²) in [5.74, 6) is 0. The van der Waals surface area contributed by atoms with Gasteiger partial charge in [0.15, 0.2) is 0 Å². The molecule has 4 heteroatoms. The van der Waals surface area contributed by atoms with E-state index in [1.165, 1.54) is 0 Å². The third kappa shape index (κ3) is 3.83. The fraction of sp³-hybridized carbons (Fsp3) is 0.417. The molecule has 0 amide bonds. The minimum absolute atomic E-state index is 0.309. The lowest BCUT2D eigenvalue weighted by molar-refractivity contribution is 0.650. The molecule has 0 aliphatic heterocycles. The van der Waals surface area contributed by atoms with E-state index in [-0.39, 0.29) is 4.75 Å². The molecule has 0 radical (unpaired) electrons. The summed E-state index contributed by atoms with van der Waals surface area (Å²) in [6, 6.07) is 7.83. The van der Waals surface area contributed by atoms with Crippen LogP contribution in [0.1, 0.15) is 33.3 Å². The summed E-state index contributed by atoms with van der Waals surface area (Å²) in [6.07, 6.45) is 0. The summed E-state index contributed by atoms with van der Waals surface area (Å²) >= 11 is 3.38. The Balaban J connectivity index is 2.94. The van der Waals surface area contributed by atoms with Crippen molar-refractivity contribution in [3.8, 4) is 0 Å². The minimum atomic E-state index is -1.20. The molecule has 0 aliphatic carbocycles. The van der Waals surface area contributed by atoms with Crippen molar-refractivity contribution in [2.24, 2.45) is 4.40 Å². The second kappa shape index (κ2) is 5.23. The van der Waals surface area contributed by atoms with Gasteiger partial charge in [0.1, 0.15) is 11.0 Å². The van der Waals surface area contributed by atoms with E-state index in [9.17, 15) is 4.21 Å². The van der Waals surface area contributed by atoms with Crippen molar-refractivity contribution < 1.29 is 4.21 Å². The Morgan fingerprint density at radius 2 is 1.75 bits per heavy atom. The third-order valence-electron chi connectivity index (χ3n) is 2.01. The molecule has 1 aromatic rings. The Hall–Kier alpha value is -0.480. The number of halogens is 1. The molecule has 0 saturated heterocycles. The van der Waals surface area contributed by atoms with Gasteiger partial charge < -0.3 is 0 Å². The maximum atomic E-state index is 11.8. The highest BCUT2D eigenvalue weighted by Gasteiger charge is 2.19. The van der Waals surface area contributed by atoms with E-state index >= 15 is 0 Å². The normalized spacial score (nSPS) is 14.9. The molecule has 0 fully saturated rings. The van der Waals surface area contributed by atoms with Crippen LogP contribution in [-0.2, 0) is 11.0 Å². The lowest BCUT2D eigenvalue weighted by Gasteiger charge is -2.14. The highest BCUT2D eigenvalue weighted by atomic mass is 79.9. The van der Waals surface area contributed by atoms with Crippen LogP contribution in [0.3, 0.4) is 0 Å². The molecule has 0 N–H and O–H groups in total. The SMILES string of the molecule is CC(=N[S@](=O)C(C)(C)C)c1ccc(Br)cc1. The van der Waals surface area contributed by atoms with Gasteiger partial charge in [-0.2, -0.15) is 4.40 Å². The summed E-state index contributed by atoms with van der Waals surface area (Å²) in [5.41, 5.74) is 1.81. The van der Waals surface area contributed by atoms with E-state index in [1.807, 2.05) is 52.0 Å². The first-order valence-corrected chi connectivity index (χ1v) is 6.94. The molecule has 0 unspecified atom stereocenters. The zero-order valence-electron chi connectivity index (χ0n) is 9.95. The van der Waals surface area contributed by atoms with Gasteiger partial charge in [0.05, 0.1) is 10.5 Å². The lowest BCUT2D eigenvalue weighted by atomic mass is 10.1. The minimum Gasteiger partial charge on any atom is -0.234 e. The van der Waals surface area contributed by atoms with Crippen LogP contribution in [0.4, 0.5) is 0 Å². The number of hydrogen-bond acceptors (Lipinski definition) is 1. The molecule has 0 heterocycles. The van der Waals surface area contributed by atoms with Gasteiger partial charge in [0.25, 0.3) is 0 Å². The molecular weight excluding hydrogens is 286 g/mol. The van der Waals surface area contributed by atoms with Crippen molar-refractivity contribution in [1.29, 1.82) is 0 Å². The largest absolute Gasteiger partial charge is 0.234 e. The molecule has 1 atom stereocenters. The first-order valence-electron chi connectivity index (χ1n) is 5.04. The molecule has 0 spiro atoms. The van der Waals surface area contributed by atoms with Gasteiger partial charge in [-0.3, -0.25) is 0 Å². The van der Waals surface area contributed by atoms with Crippen LogP contribution in [0.25, 0.3) is 0 Å². The van der Waals surface area contributed by atoms with Crippen molar-refractivity contribution in [2.45, 2.75) is 32.4 Å². The molecule has 1 rings (SSSR count). The van der Waals surface area contributed by atoms with Gasteiger partial charge >= 0.3 is 0 Å². The van der Waals surface area contributed by atoms with Crippen molar-refractivity contribution in [1.82, 2.24) is 0 Å². The summed E-state index contributed by atoms with van der Waals surface area (Å²) < 4.78 is 16.8. The van der Waals surface area contributed by atoms with Crippen LogP contribution >= 0.6 is 15.9 Å². The second-order valence-electron chi connectivity index (χ2n) is 4.55. The van der Waals surface area contributed by atoms with Crippen molar-refractivity contribution in [3.63, 3.8) is 0 Å².